The summed E-state index contributed by atoms with van der Waals surface area (Å²) in [5.74, 6) is -0.0283. The van der Waals surface area contributed by atoms with E-state index >= 15 is 0 Å². The molecule has 0 bridgehead atoms. The highest BCUT2D eigenvalue weighted by Gasteiger charge is 1.98. The Balaban J connectivity index is 2.36. The fourth-order valence-corrected chi connectivity index (χ4v) is 1.29. The zero-order chi connectivity index (χ0) is 11.8. The molecule has 86 valence electrons. The fraction of sp³-hybridized carbons (Fsp3) is 0.308. The Bertz CT molecular complexity index is 343. The van der Waals surface area contributed by atoms with Gasteiger partial charge in [0.25, 0.3) is 0 Å². The van der Waals surface area contributed by atoms with Crippen LogP contribution in [0.4, 0.5) is 5.69 Å². The van der Waals surface area contributed by atoms with E-state index < -0.39 is 0 Å². The van der Waals surface area contributed by atoms with Gasteiger partial charge in [-0.15, -0.1) is 6.58 Å². The molecule has 1 aromatic carbocycles. The standard InChI is InChI=1S/C13H18N2O/c1-3-9-14-13(16)10-15-12-7-5-11(4-2)6-8-12/h3,5-8,15H,1,4,9-10H2,2H3,(H,14,16). The molecule has 3 heteroatoms. The third kappa shape index (κ3) is 4.17. The second-order valence-electron chi connectivity index (χ2n) is 3.50. The third-order valence-electron chi connectivity index (χ3n) is 2.26. The average molecular weight is 218 g/mol. The minimum Gasteiger partial charge on any atom is -0.376 e. The number of hydrogen-bond donors (Lipinski definition) is 2. The quantitative estimate of drug-likeness (QED) is 0.717. The topological polar surface area (TPSA) is 41.1 Å². The van der Waals surface area contributed by atoms with Crippen LogP contribution in [-0.2, 0) is 11.2 Å². The molecule has 1 rings (SSSR count). The van der Waals surface area contributed by atoms with E-state index in [0.717, 1.165) is 12.1 Å². The normalized spacial score (nSPS) is 9.56. The van der Waals surface area contributed by atoms with Gasteiger partial charge >= 0.3 is 0 Å². The van der Waals surface area contributed by atoms with Crippen LogP contribution in [-0.4, -0.2) is 19.0 Å². The second kappa shape index (κ2) is 6.67. The van der Waals surface area contributed by atoms with Gasteiger partial charge in [-0.3, -0.25) is 4.79 Å². The first-order valence-corrected chi connectivity index (χ1v) is 5.46. The highest BCUT2D eigenvalue weighted by atomic mass is 16.1. The number of carbonyl (C=O) groups excluding carboxylic acids is 1. The molecular weight excluding hydrogens is 200 g/mol. The van der Waals surface area contributed by atoms with Gasteiger partial charge in [0.1, 0.15) is 0 Å². The molecule has 0 saturated carbocycles. The predicted octanol–water partition coefficient (Wildman–Crippen LogP) is 1.96. The summed E-state index contributed by atoms with van der Waals surface area (Å²) < 4.78 is 0. The van der Waals surface area contributed by atoms with Gasteiger partial charge in [-0.05, 0) is 24.1 Å². The van der Waals surface area contributed by atoms with Gasteiger partial charge in [0.05, 0.1) is 6.54 Å². The molecule has 0 unspecified atom stereocenters. The monoisotopic (exact) mass is 218 g/mol. The number of carbonyl (C=O) groups is 1. The number of anilines is 1. The van der Waals surface area contributed by atoms with Crippen LogP contribution >= 0.6 is 0 Å². The highest BCUT2D eigenvalue weighted by molar-refractivity contribution is 5.80. The van der Waals surface area contributed by atoms with Gasteiger partial charge in [-0.1, -0.05) is 25.1 Å². The minimum atomic E-state index is -0.0283. The van der Waals surface area contributed by atoms with Crippen molar-refractivity contribution >= 4 is 11.6 Å². The molecule has 0 aromatic heterocycles. The summed E-state index contributed by atoms with van der Waals surface area (Å²) in [6, 6.07) is 8.09. The van der Waals surface area contributed by atoms with E-state index in [0.29, 0.717) is 13.1 Å². The van der Waals surface area contributed by atoms with Crippen molar-refractivity contribution < 1.29 is 4.79 Å². The van der Waals surface area contributed by atoms with Crippen molar-refractivity contribution in [2.24, 2.45) is 0 Å². The average Bonchev–Trinajstić information content (AvgIpc) is 2.34. The summed E-state index contributed by atoms with van der Waals surface area (Å²) in [6.07, 6.45) is 2.69. The maximum Gasteiger partial charge on any atom is 0.239 e. The van der Waals surface area contributed by atoms with Crippen LogP contribution in [0.3, 0.4) is 0 Å². The second-order valence-corrected chi connectivity index (χ2v) is 3.50. The summed E-state index contributed by atoms with van der Waals surface area (Å²) >= 11 is 0. The molecular formula is C13H18N2O. The van der Waals surface area contributed by atoms with E-state index in [9.17, 15) is 4.79 Å². The Morgan fingerprint density at radius 2 is 2.06 bits per heavy atom. The zero-order valence-corrected chi connectivity index (χ0v) is 9.62. The lowest BCUT2D eigenvalue weighted by Crippen LogP contribution is -2.29. The van der Waals surface area contributed by atoms with E-state index in [2.05, 4.69) is 36.3 Å². The third-order valence-corrected chi connectivity index (χ3v) is 2.26. The van der Waals surface area contributed by atoms with Crippen LogP contribution in [0.1, 0.15) is 12.5 Å². The van der Waals surface area contributed by atoms with Crippen molar-refractivity contribution in [1.29, 1.82) is 0 Å². The molecule has 0 heterocycles. The maximum atomic E-state index is 11.3. The Kier molecular flexibility index (Phi) is 5.12. The fourth-order valence-electron chi connectivity index (χ4n) is 1.29. The highest BCUT2D eigenvalue weighted by Crippen LogP contribution is 2.09. The SMILES string of the molecule is C=CCNC(=O)CNc1ccc(CC)cc1. The molecule has 0 aliphatic heterocycles. The molecule has 0 radical (unpaired) electrons. The van der Waals surface area contributed by atoms with E-state index in [-0.39, 0.29) is 5.91 Å². The number of amides is 1. The summed E-state index contributed by atoms with van der Waals surface area (Å²) in [6.45, 7) is 6.45. The first-order valence-electron chi connectivity index (χ1n) is 5.46. The molecule has 0 spiro atoms. The molecule has 3 nitrogen and oxygen atoms in total. The Morgan fingerprint density at radius 1 is 1.38 bits per heavy atom. The Hall–Kier alpha value is -1.77. The molecule has 1 amide bonds. The Labute approximate surface area is 96.6 Å². The summed E-state index contributed by atoms with van der Waals surface area (Å²) in [5, 5.41) is 5.76. The van der Waals surface area contributed by atoms with Crippen LogP contribution in [0, 0.1) is 0 Å². The number of aryl methyl sites for hydroxylation is 1. The number of hydrogen-bond acceptors (Lipinski definition) is 2. The summed E-state index contributed by atoms with van der Waals surface area (Å²) in [5.41, 5.74) is 2.26. The van der Waals surface area contributed by atoms with Crippen molar-refractivity contribution in [1.82, 2.24) is 5.32 Å². The predicted molar refractivity (Wildman–Crippen MR) is 67.5 cm³/mol. The smallest absolute Gasteiger partial charge is 0.239 e. The summed E-state index contributed by atoms with van der Waals surface area (Å²) in [4.78, 5) is 11.3. The minimum absolute atomic E-state index is 0.0283. The van der Waals surface area contributed by atoms with E-state index in [1.165, 1.54) is 5.56 Å². The summed E-state index contributed by atoms with van der Waals surface area (Å²) in [7, 11) is 0. The zero-order valence-electron chi connectivity index (χ0n) is 9.62. The first-order chi connectivity index (χ1) is 7.76. The lowest BCUT2D eigenvalue weighted by molar-refractivity contribution is -0.119. The van der Waals surface area contributed by atoms with E-state index in [1.54, 1.807) is 6.08 Å². The van der Waals surface area contributed by atoms with Crippen molar-refractivity contribution in [3.63, 3.8) is 0 Å². The molecule has 0 aliphatic carbocycles. The van der Waals surface area contributed by atoms with Crippen LogP contribution in [0.2, 0.25) is 0 Å². The molecule has 16 heavy (non-hydrogen) atoms. The molecule has 1 aromatic rings. The van der Waals surface area contributed by atoms with Gasteiger partial charge in [0, 0.05) is 12.2 Å². The number of nitrogens with one attached hydrogen (secondary N) is 2. The van der Waals surface area contributed by atoms with Gasteiger partial charge in [0.2, 0.25) is 5.91 Å². The first kappa shape index (κ1) is 12.3. The van der Waals surface area contributed by atoms with E-state index in [1.807, 2.05) is 12.1 Å². The lowest BCUT2D eigenvalue weighted by Gasteiger charge is -2.06. The molecule has 0 aliphatic rings. The van der Waals surface area contributed by atoms with Crippen molar-refractivity contribution in [2.45, 2.75) is 13.3 Å². The largest absolute Gasteiger partial charge is 0.376 e. The van der Waals surface area contributed by atoms with Crippen LogP contribution in [0.5, 0.6) is 0 Å². The van der Waals surface area contributed by atoms with Crippen molar-refractivity contribution in [3.05, 3.63) is 42.5 Å². The van der Waals surface area contributed by atoms with Gasteiger partial charge < -0.3 is 10.6 Å². The van der Waals surface area contributed by atoms with Crippen LogP contribution in [0.25, 0.3) is 0 Å². The molecule has 0 atom stereocenters. The van der Waals surface area contributed by atoms with Gasteiger partial charge in [-0.2, -0.15) is 0 Å². The maximum absolute atomic E-state index is 11.3. The lowest BCUT2D eigenvalue weighted by atomic mass is 10.1. The molecule has 2 N–H and O–H groups in total. The van der Waals surface area contributed by atoms with Crippen molar-refractivity contribution in [2.75, 3.05) is 18.4 Å². The number of benzene rings is 1. The molecule has 0 saturated heterocycles. The number of rotatable bonds is 6. The van der Waals surface area contributed by atoms with Gasteiger partial charge in [-0.25, -0.2) is 0 Å². The molecule has 0 fully saturated rings. The Morgan fingerprint density at radius 3 is 2.62 bits per heavy atom. The van der Waals surface area contributed by atoms with Crippen molar-refractivity contribution in [3.8, 4) is 0 Å². The van der Waals surface area contributed by atoms with Gasteiger partial charge in [0.15, 0.2) is 0 Å². The van der Waals surface area contributed by atoms with Crippen LogP contribution in [0.15, 0.2) is 36.9 Å². The van der Waals surface area contributed by atoms with E-state index in [4.69, 9.17) is 0 Å². The van der Waals surface area contributed by atoms with Crippen LogP contribution < -0.4 is 10.6 Å².